The number of H-pyrrole nitrogens is 1. The quantitative estimate of drug-likeness (QED) is 0.615. The highest BCUT2D eigenvalue weighted by molar-refractivity contribution is 7.91. The van der Waals surface area contributed by atoms with Crippen molar-refractivity contribution >= 4 is 15.8 Å². The summed E-state index contributed by atoms with van der Waals surface area (Å²) in [5.74, 6) is 0.0582. The molecule has 1 aromatic rings. The number of hydrogen-bond donors (Lipinski definition) is 2. The molecule has 1 aliphatic heterocycles. The van der Waals surface area contributed by atoms with E-state index < -0.39 is 15.5 Å². The zero-order valence-corrected chi connectivity index (χ0v) is 8.62. The second kappa shape index (κ2) is 3.30. The van der Waals surface area contributed by atoms with Crippen LogP contribution in [0.2, 0.25) is 0 Å². The summed E-state index contributed by atoms with van der Waals surface area (Å²) >= 11 is 0. The van der Waals surface area contributed by atoms with Gasteiger partial charge in [-0.25, -0.2) is 13.2 Å². The summed E-state index contributed by atoms with van der Waals surface area (Å²) in [6, 6.07) is 0. The van der Waals surface area contributed by atoms with Crippen LogP contribution in [-0.4, -0.2) is 34.9 Å². The number of aromatic amines is 1. The van der Waals surface area contributed by atoms with E-state index in [4.69, 9.17) is 5.73 Å². The molecular weight excluding hydrogens is 220 g/mol. The standard InChI is InChI=1S/C7H10N4O3S/c8-6-9-5(10-7(12)11-6)4-1-2-15(13,14)3-4/h4H,1-3H2,(H3,8,9,10,11,12). The Morgan fingerprint density at radius 3 is 2.67 bits per heavy atom. The van der Waals surface area contributed by atoms with Crippen molar-refractivity contribution in [2.24, 2.45) is 0 Å². The highest BCUT2D eigenvalue weighted by Crippen LogP contribution is 2.25. The second-order valence-electron chi connectivity index (χ2n) is 3.50. The van der Waals surface area contributed by atoms with Crippen LogP contribution in [0.3, 0.4) is 0 Å². The van der Waals surface area contributed by atoms with Crippen molar-refractivity contribution in [3.63, 3.8) is 0 Å². The molecule has 1 saturated heterocycles. The molecule has 2 rings (SSSR count). The van der Waals surface area contributed by atoms with E-state index in [0.717, 1.165) is 0 Å². The smallest absolute Gasteiger partial charge is 0.349 e. The maximum atomic E-state index is 11.2. The number of anilines is 1. The fourth-order valence-corrected chi connectivity index (χ4v) is 3.37. The lowest BCUT2D eigenvalue weighted by Crippen LogP contribution is -2.20. The Morgan fingerprint density at radius 1 is 1.40 bits per heavy atom. The fraction of sp³-hybridized carbons (Fsp3) is 0.571. The summed E-state index contributed by atoms with van der Waals surface area (Å²) in [7, 11) is -2.99. The third-order valence-electron chi connectivity index (χ3n) is 2.31. The van der Waals surface area contributed by atoms with Gasteiger partial charge in [0, 0.05) is 5.92 Å². The zero-order chi connectivity index (χ0) is 11.1. The monoisotopic (exact) mass is 230 g/mol. The van der Waals surface area contributed by atoms with E-state index in [1.54, 1.807) is 0 Å². The molecule has 82 valence electrons. The van der Waals surface area contributed by atoms with Crippen LogP contribution in [0.4, 0.5) is 5.95 Å². The lowest BCUT2D eigenvalue weighted by atomic mass is 10.1. The maximum absolute atomic E-state index is 11.2. The van der Waals surface area contributed by atoms with E-state index in [0.29, 0.717) is 12.2 Å². The Labute approximate surface area is 85.7 Å². The van der Waals surface area contributed by atoms with E-state index in [-0.39, 0.29) is 23.4 Å². The van der Waals surface area contributed by atoms with Crippen molar-refractivity contribution in [1.29, 1.82) is 0 Å². The first-order valence-corrected chi connectivity index (χ1v) is 6.22. The van der Waals surface area contributed by atoms with Crippen molar-refractivity contribution in [2.45, 2.75) is 12.3 Å². The van der Waals surface area contributed by atoms with E-state index >= 15 is 0 Å². The van der Waals surface area contributed by atoms with Crippen LogP contribution in [-0.2, 0) is 9.84 Å². The average Bonchev–Trinajstić information content (AvgIpc) is 2.44. The Morgan fingerprint density at radius 2 is 2.13 bits per heavy atom. The zero-order valence-electron chi connectivity index (χ0n) is 7.80. The Balaban J connectivity index is 2.36. The number of nitrogens with two attached hydrogens (primary N) is 1. The van der Waals surface area contributed by atoms with Gasteiger partial charge in [0.2, 0.25) is 5.95 Å². The highest BCUT2D eigenvalue weighted by Gasteiger charge is 2.30. The third kappa shape index (κ3) is 2.14. The number of nitrogen functional groups attached to an aromatic ring is 1. The van der Waals surface area contributed by atoms with Gasteiger partial charge in [0.25, 0.3) is 0 Å². The molecule has 1 unspecified atom stereocenters. The van der Waals surface area contributed by atoms with Gasteiger partial charge >= 0.3 is 5.69 Å². The normalized spacial score (nSPS) is 24.1. The first-order chi connectivity index (χ1) is 6.96. The van der Waals surface area contributed by atoms with Crippen LogP contribution in [0.5, 0.6) is 0 Å². The minimum atomic E-state index is -2.99. The van der Waals surface area contributed by atoms with Gasteiger partial charge in [-0.2, -0.15) is 9.97 Å². The summed E-state index contributed by atoms with van der Waals surface area (Å²) < 4.78 is 22.4. The molecule has 8 heteroatoms. The van der Waals surface area contributed by atoms with Crippen LogP contribution < -0.4 is 11.4 Å². The predicted molar refractivity (Wildman–Crippen MR) is 53.1 cm³/mol. The van der Waals surface area contributed by atoms with Crippen LogP contribution in [0.15, 0.2) is 4.79 Å². The first-order valence-electron chi connectivity index (χ1n) is 4.40. The lowest BCUT2D eigenvalue weighted by molar-refractivity contribution is 0.601. The minimum absolute atomic E-state index is 0.0133. The molecule has 0 amide bonds. The Hall–Kier alpha value is -1.44. The predicted octanol–water partition coefficient (Wildman–Crippen LogP) is -1.35. The molecule has 7 nitrogen and oxygen atoms in total. The van der Waals surface area contributed by atoms with E-state index in [1.165, 1.54) is 0 Å². The van der Waals surface area contributed by atoms with E-state index in [1.807, 2.05) is 0 Å². The summed E-state index contributed by atoms with van der Waals surface area (Å²) in [4.78, 5) is 20.6. The van der Waals surface area contributed by atoms with Gasteiger partial charge in [0.05, 0.1) is 11.5 Å². The number of nitrogens with zero attached hydrogens (tertiary/aromatic N) is 2. The van der Waals surface area contributed by atoms with Crippen LogP contribution in [0, 0.1) is 0 Å². The molecule has 0 saturated carbocycles. The molecular formula is C7H10N4O3S. The minimum Gasteiger partial charge on any atom is -0.368 e. The molecule has 0 radical (unpaired) electrons. The topological polar surface area (TPSA) is 119 Å². The molecule has 0 spiro atoms. The summed E-state index contributed by atoms with van der Waals surface area (Å²) in [5.41, 5.74) is 4.71. The molecule has 15 heavy (non-hydrogen) atoms. The van der Waals surface area contributed by atoms with Gasteiger partial charge in [0.15, 0.2) is 9.84 Å². The van der Waals surface area contributed by atoms with Gasteiger partial charge in [-0.1, -0.05) is 0 Å². The van der Waals surface area contributed by atoms with Crippen molar-refractivity contribution in [2.75, 3.05) is 17.2 Å². The van der Waals surface area contributed by atoms with Crippen molar-refractivity contribution in [3.8, 4) is 0 Å². The Kier molecular flexibility index (Phi) is 2.22. The number of rotatable bonds is 1. The van der Waals surface area contributed by atoms with Crippen molar-refractivity contribution in [1.82, 2.24) is 15.0 Å². The molecule has 3 N–H and O–H groups in total. The molecule has 2 heterocycles. The van der Waals surface area contributed by atoms with Gasteiger partial charge in [-0.15, -0.1) is 0 Å². The van der Waals surface area contributed by atoms with E-state index in [2.05, 4.69) is 15.0 Å². The number of aromatic nitrogens is 3. The fourth-order valence-electron chi connectivity index (χ4n) is 1.62. The van der Waals surface area contributed by atoms with Crippen LogP contribution >= 0.6 is 0 Å². The van der Waals surface area contributed by atoms with Gasteiger partial charge < -0.3 is 5.73 Å². The summed E-state index contributed by atoms with van der Waals surface area (Å²) in [5, 5.41) is 0. The molecule has 0 aromatic carbocycles. The molecule has 0 bridgehead atoms. The van der Waals surface area contributed by atoms with Gasteiger partial charge in [-0.3, -0.25) is 4.98 Å². The van der Waals surface area contributed by atoms with Crippen molar-refractivity contribution < 1.29 is 8.42 Å². The summed E-state index contributed by atoms with van der Waals surface area (Å²) in [6.45, 7) is 0. The van der Waals surface area contributed by atoms with E-state index in [9.17, 15) is 13.2 Å². The largest absolute Gasteiger partial charge is 0.368 e. The maximum Gasteiger partial charge on any atom is 0.349 e. The van der Waals surface area contributed by atoms with Crippen molar-refractivity contribution in [3.05, 3.63) is 16.3 Å². The second-order valence-corrected chi connectivity index (χ2v) is 5.73. The third-order valence-corrected chi connectivity index (χ3v) is 4.07. The number of hydrogen-bond acceptors (Lipinski definition) is 6. The SMILES string of the molecule is Nc1nc(C2CCS(=O)(=O)C2)[nH]c(=O)n1. The highest BCUT2D eigenvalue weighted by atomic mass is 32.2. The number of nitrogens with one attached hydrogen (secondary N) is 1. The van der Waals surface area contributed by atoms with Gasteiger partial charge in [0.1, 0.15) is 5.82 Å². The van der Waals surface area contributed by atoms with Gasteiger partial charge in [-0.05, 0) is 6.42 Å². The molecule has 0 aliphatic carbocycles. The molecule has 1 atom stereocenters. The lowest BCUT2D eigenvalue weighted by Gasteiger charge is -2.05. The first kappa shape index (κ1) is 10.1. The summed E-state index contributed by atoms with van der Waals surface area (Å²) in [6.07, 6.45) is 0.467. The Bertz CT molecular complexity index is 535. The molecule has 1 aliphatic rings. The average molecular weight is 230 g/mol. The molecule has 1 fully saturated rings. The molecule has 1 aromatic heterocycles. The van der Waals surface area contributed by atoms with Crippen LogP contribution in [0.1, 0.15) is 18.2 Å². The van der Waals surface area contributed by atoms with Crippen LogP contribution in [0.25, 0.3) is 0 Å². The number of sulfone groups is 1.